The molecule has 17 heavy (non-hydrogen) atoms. The van der Waals surface area contributed by atoms with Crippen LogP contribution >= 0.6 is 22.9 Å². The van der Waals surface area contributed by atoms with Gasteiger partial charge in [-0.2, -0.15) is 0 Å². The highest BCUT2D eigenvalue weighted by molar-refractivity contribution is 7.15. The summed E-state index contributed by atoms with van der Waals surface area (Å²) in [6.07, 6.45) is 9.42. The summed E-state index contributed by atoms with van der Waals surface area (Å²) in [4.78, 5) is 5.80. The molecule has 0 radical (unpaired) electrons. The number of thiazole rings is 1. The molecule has 2 aromatic heterocycles. The maximum atomic E-state index is 6.24. The number of alkyl halides is 1. The Morgan fingerprint density at radius 1 is 1.47 bits per heavy atom. The minimum absolute atomic E-state index is 0.346. The lowest BCUT2D eigenvalue weighted by Crippen LogP contribution is -2.24. The van der Waals surface area contributed by atoms with Crippen molar-refractivity contribution < 1.29 is 0 Å². The molecule has 2 aromatic rings. The van der Waals surface area contributed by atoms with Gasteiger partial charge in [0, 0.05) is 23.7 Å². The van der Waals surface area contributed by atoms with E-state index in [-0.39, 0.29) is 0 Å². The van der Waals surface area contributed by atoms with Crippen LogP contribution in [0.15, 0.2) is 17.8 Å². The van der Waals surface area contributed by atoms with Crippen molar-refractivity contribution in [2.75, 3.05) is 5.88 Å². The molecule has 0 amide bonds. The zero-order valence-corrected chi connectivity index (χ0v) is 11.2. The maximum Gasteiger partial charge on any atom is 0.193 e. The molecule has 90 valence electrons. The minimum atomic E-state index is 0.346. The topological polar surface area (TPSA) is 17.3 Å². The molecule has 2 heterocycles. The van der Waals surface area contributed by atoms with Gasteiger partial charge in [-0.25, -0.2) is 4.98 Å². The quantitative estimate of drug-likeness (QED) is 0.776. The second kappa shape index (κ2) is 3.48. The average molecular weight is 267 g/mol. The molecule has 0 aromatic carbocycles. The molecule has 0 aliphatic heterocycles. The van der Waals surface area contributed by atoms with Crippen LogP contribution in [0, 0.1) is 17.3 Å². The van der Waals surface area contributed by atoms with Crippen molar-refractivity contribution in [3.8, 4) is 0 Å². The van der Waals surface area contributed by atoms with Gasteiger partial charge in [-0.1, -0.05) is 0 Å². The second-order valence-electron chi connectivity index (χ2n) is 5.80. The molecule has 4 rings (SSSR count). The summed E-state index contributed by atoms with van der Waals surface area (Å²) in [7, 11) is 0. The van der Waals surface area contributed by atoms with E-state index in [0.29, 0.717) is 5.41 Å². The Bertz CT molecular complexity index is 520. The van der Waals surface area contributed by atoms with Crippen LogP contribution in [0.5, 0.6) is 0 Å². The van der Waals surface area contributed by atoms with E-state index in [9.17, 15) is 0 Å². The van der Waals surface area contributed by atoms with Gasteiger partial charge in [0.05, 0.1) is 5.69 Å². The molecule has 0 N–H and O–H groups in total. The van der Waals surface area contributed by atoms with Gasteiger partial charge in [0.15, 0.2) is 4.96 Å². The first kappa shape index (κ1) is 10.4. The van der Waals surface area contributed by atoms with Gasteiger partial charge in [0.25, 0.3) is 0 Å². The van der Waals surface area contributed by atoms with Crippen molar-refractivity contribution in [3.05, 3.63) is 23.5 Å². The summed E-state index contributed by atoms with van der Waals surface area (Å²) in [5, 5.41) is 2.08. The number of rotatable bonds is 3. The first-order chi connectivity index (χ1) is 8.28. The molecule has 0 spiro atoms. The fraction of sp³-hybridized carbons (Fsp3) is 0.615. The van der Waals surface area contributed by atoms with Crippen LogP contribution in [-0.4, -0.2) is 15.3 Å². The fourth-order valence-corrected chi connectivity index (χ4v) is 4.58. The first-order valence-electron chi connectivity index (χ1n) is 6.25. The molecular weight excluding hydrogens is 252 g/mol. The molecule has 0 saturated heterocycles. The predicted octanol–water partition coefficient (Wildman–Crippen LogP) is 3.59. The normalized spacial score (nSPS) is 35.4. The summed E-state index contributed by atoms with van der Waals surface area (Å²) in [5.41, 5.74) is 1.57. The lowest BCUT2D eigenvalue weighted by Gasteiger charge is -2.27. The average Bonchev–Trinajstić information content (AvgIpc) is 2.71. The van der Waals surface area contributed by atoms with Gasteiger partial charge in [0.1, 0.15) is 0 Å². The molecule has 2 aliphatic rings. The van der Waals surface area contributed by atoms with Crippen molar-refractivity contribution >= 4 is 27.9 Å². The van der Waals surface area contributed by atoms with E-state index in [1.54, 1.807) is 11.3 Å². The van der Waals surface area contributed by atoms with Crippen molar-refractivity contribution in [1.82, 2.24) is 9.38 Å². The van der Waals surface area contributed by atoms with Crippen molar-refractivity contribution in [3.63, 3.8) is 0 Å². The van der Waals surface area contributed by atoms with E-state index < -0.39 is 0 Å². The highest BCUT2D eigenvalue weighted by atomic mass is 35.5. The highest BCUT2D eigenvalue weighted by Gasteiger charge is 2.53. The number of aromatic nitrogens is 2. The molecule has 2 nitrogen and oxygen atoms in total. The number of hydrogen-bond acceptors (Lipinski definition) is 2. The van der Waals surface area contributed by atoms with Crippen molar-refractivity contribution in [1.29, 1.82) is 0 Å². The summed E-state index contributed by atoms with van der Waals surface area (Å²) < 4.78 is 2.12. The van der Waals surface area contributed by atoms with Crippen LogP contribution in [0.2, 0.25) is 0 Å². The first-order valence-corrected chi connectivity index (χ1v) is 7.66. The molecule has 4 heteroatoms. The summed E-state index contributed by atoms with van der Waals surface area (Å²) in [5.74, 6) is 2.76. The predicted molar refractivity (Wildman–Crippen MR) is 70.8 cm³/mol. The van der Waals surface area contributed by atoms with E-state index in [4.69, 9.17) is 16.6 Å². The molecule has 2 fully saturated rings. The maximum absolute atomic E-state index is 6.24. The van der Waals surface area contributed by atoms with Gasteiger partial charge in [-0.15, -0.1) is 22.9 Å². The van der Waals surface area contributed by atoms with Crippen LogP contribution in [0.25, 0.3) is 4.96 Å². The second-order valence-corrected chi connectivity index (χ2v) is 6.94. The Hall–Kier alpha value is -0.540. The standard InChI is InChI=1S/C13H15ClN2S/c14-8-13(4-9-3-10(9)5-13)6-11-7-16-1-2-17-12(16)15-11/h1-2,7,9-10H,3-6,8H2. The Morgan fingerprint density at radius 2 is 2.29 bits per heavy atom. The summed E-state index contributed by atoms with van der Waals surface area (Å²) in [6.45, 7) is 0. The minimum Gasteiger partial charge on any atom is -0.297 e. The smallest absolute Gasteiger partial charge is 0.193 e. The van der Waals surface area contributed by atoms with Gasteiger partial charge in [-0.05, 0) is 42.9 Å². The molecule has 2 saturated carbocycles. The Kier molecular flexibility index (Phi) is 2.13. The third kappa shape index (κ3) is 1.63. The third-order valence-electron chi connectivity index (χ3n) is 4.44. The molecule has 2 aliphatic carbocycles. The van der Waals surface area contributed by atoms with Crippen LogP contribution in [0.4, 0.5) is 0 Å². The molecular formula is C13H15ClN2S. The number of halogens is 1. The summed E-state index contributed by atoms with van der Waals surface area (Å²) >= 11 is 7.94. The van der Waals surface area contributed by atoms with E-state index in [1.807, 2.05) is 0 Å². The van der Waals surface area contributed by atoms with Crippen LogP contribution in [0.3, 0.4) is 0 Å². The molecule has 2 atom stereocenters. The van der Waals surface area contributed by atoms with Gasteiger partial charge in [0.2, 0.25) is 0 Å². The lowest BCUT2D eigenvalue weighted by atomic mass is 9.81. The lowest BCUT2D eigenvalue weighted by molar-refractivity contribution is 0.300. The van der Waals surface area contributed by atoms with Crippen LogP contribution < -0.4 is 0 Å². The zero-order valence-electron chi connectivity index (χ0n) is 9.60. The van der Waals surface area contributed by atoms with Crippen LogP contribution in [0.1, 0.15) is 25.0 Å². The number of imidazole rings is 1. The van der Waals surface area contributed by atoms with E-state index >= 15 is 0 Å². The van der Waals surface area contributed by atoms with Gasteiger partial charge in [-0.3, -0.25) is 4.40 Å². The monoisotopic (exact) mass is 266 g/mol. The summed E-state index contributed by atoms with van der Waals surface area (Å²) in [6, 6.07) is 0. The van der Waals surface area contributed by atoms with Gasteiger partial charge >= 0.3 is 0 Å². The van der Waals surface area contributed by atoms with Gasteiger partial charge < -0.3 is 0 Å². The van der Waals surface area contributed by atoms with Crippen molar-refractivity contribution in [2.24, 2.45) is 17.3 Å². The van der Waals surface area contributed by atoms with Crippen molar-refractivity contribution in [2.45, 2.75) is 25.7 Å². The number of fused-ring (bicyclic) bond motifs is 2. The van der Waals surface area contributed by atoms with E-state index in [2.05, 4.69) is 22.2 Å². The fourth-order valence-electron chi connectivity index (χ4n) is 3.55. The SMILES string of the molecule is ClCC1(Cc2cn3ccsc3n2)CC2CC2C1. The Morgan fingerprint density at radius 3 is 3.00 bits per heavy atom. The number of hydrogen-bond donors (Lipinski definition) is 0. The van der Waals surface area contributed by atoms with Crippen LogP contribution in [-0.2, 0) is 6.42 Å². The highest BCUT2D eigenvalue weighted by Crippen LogP contribution is 2.61. The van der Waals surface area contributed by atoms with E-state index in [0.717, 1.165) is 29.1 Å². The molecule has 2 unspecified atom stereocenters. The largest absolute Gasteiger partial charge is 0.297 e. The zero-order chi connectivity index (χ0) is 11.5. The third-order valence-corrected chi connectivity index (χ3v) is 5.78. The Balaban J connectivity index is 1.61. The number of nitrogens with zero attached hydrogens (tertiary/aromatic N) is 2. The van der Waals surface area contributed by atoms with E-state index in [1.165, 1.54) is 25.0 Å². The molecule has 0 bridgehead atoms. The Labute approximate surface area is 110 Å².